The number of hydrogen-bond donors (Lipinski definition) is 1. The van der Waals surface area contributed by atoms with Gasteiger partial charge in [0.25, 0.3) is 0 Å². The zero-order valence-corrected chi connectivity index (χ0v) is 15.5. The van der Waals surface area contributed by atoms with Gasteiger partial charge in [0.1, 0.15) is 5.76 Å². The largest absolute Gasteiger partial charge is 0.467 e. The van der Waals surface area contributed by atoms with E-state index >= 15 is 0 Å². The highest BCUT2D eigenvalue weighted by molar-refractivity contribution is 5.89. The lowest BCUT2D eigenvalue weighted by atomic mass is 10.1. The maximum absolute atomic E-state index is 12.4. The molecule has 28 heavy (non-hydrogen) atoms. The summed E-state index contributed by atoms with van der Waals surface area (Å²) in [4.78, 5) is 26.2. The number of nitrogens with zero attached hydrogens (tertiary/aromatic N) is 3. The van der Waals surface area contributed by atoms with E-state index in [-0.39, 0.29) is 24.2 Å². The van der Waals surface area contributed by atoms with Crippen LogP contribution in [0.25, 0.3) is 5.69 Å². The smallest absolute Gasteiger partial charge is 0.225 e. The van der Waals surface area contributed by atoms with E-state index in [1.165, 1.54) is 0 Å². The number of benzene rings is 1. The predicted octanol–water partition coefficient (Wildman–Crippen LogP) is 2.17. The van der Waals surface area contributed by atoms with Crippen molar-refractivity contribution in [2.75, 3.05) is 13.1 Å². The molecule has 2 amide bonds. The third-order valence-electron chi connectivity index (χ3n) is 4.86. The summed E-state index contributed by atoms with van der Waals surface area (Å²) in [5.74, 6) is 0.309. The molecule has 3 aromatic rings. The first-order valence-electron chi connectivity index (χ1n) is 9.37. The Labute approximate surface area is 162 Å². The Hall–Kier alpha value is -3.35. The third-order valence-corrected chi connectivity index (χ3v) is 4.86. The number of carbonyl (C=O) groups is 2. The minimum absolute atomic E-state index is 0.0156. The number of aromatic nitrogens is 2. The molecule has 0 saturated carbocycles. The molecule has 0 spiro atoms. The maximum atomic E-state index is 12.4. The molecule has 1 saturated heterocycles. The number of likely N-dealkylation sites (tertiary alicyclic amines) is 1. The van der Waals surface area contributed by atoms with Crippen LogP contribution in [0.4, 0.5) is 0 Å². The normalized spacial score (nSPS) is 16.5. The molecule has 1 aliphatic rings. The second-order valence-corrected chi connectivity index (χ2v) is 6.88. The van der Waals surface area contributed by atoms with E-state index in [1.807, 2.05) is 53.3 Å². The zero-order valence-electron chi connectivity index (χ0n) is 15.5. The van der Waals surface area contributed by atoms with Crippen molar-refractivity contribution < 1.29 is 14.0 Å². The fourth-order valence-corrected chi connectivity index (χ4v) is 3.37. The van der Waals surface area contributed by atoms with Crippen LogP contribution in [-0.4, -0.2) is 39.6 Å². The minimum Gasteiger partial charge on any atom is -0.467 e. The van der Waals surface area contributed by atoms with E-state index in [0.29, 0.717) is 26.1 Å². The highest BCUT2D eigenvalue weighted by Crippen LogP contribution is 2.20. The Morgan fingerprint density at radius 2 is 2.04 bits per heavy atom. The van der Waals surface area contributed by atoms with Gasteiger partial charge in [-0.15, -0.1) is 0 Å². The Kier molecular flexibility index (Phi) is 5.23. The van der Waals surface area contributed by atoms with E-state index in [4.69, 9.17) is 4.42 Å². The number of rotatable bonds is 7. The lowest BCUT2D eigenvalue weighted by molar-refractivity contribution is -0.129. The van der Waals surface area contributed by atoms with Gasteiger partial charge in [0.05, 0.1) is 30.1 Å². The molecular weight excluding hydrogens is 356 g/mol. The molecule has 0 unspecified atom stereocenters. The SMILES string of the molecule is O=C(NCCc1ccn(-c2ccccc2)n1)[C@@H]1CC(=O)N(Cc2ccco2)C1. The van der Waals surface area contributed by atoms with Crippen LogP contribution < -0.4 is 5.32 Å². The lowest BCUT2D eigenvalue weighted by Gasteiger charge is -2.15. The Morgan fingerprint density at radius 3 is 2.82 bits per heavy atom. The van der Waals surface area contributed by atoms with Crippen LogP contribution >= 0.6 is 0 Å². The van der Waals surface area contributed by atoms with Gasteiger partial charge in [0.15, 0.2) is 0 Å². The van der Waals surface area contributed by atoms with Crippen LogP contribution in [0.5, 0.6) is 0 Å². The topological polar surface area (TPSA) is 80.4 Å². The molecule has 1 aliphatic heterocycles. The molecule has 1 atom stereocenters. The van der Waals surface area contributed by atoms with E-state index in [1.54, 1.807) is 17.2 Å². The molecule has 7 heteroatoms. The first-order valence-corrected chi connectivity index (χ1v) is 9.37. The average Bonchev–Trinajstić information content (AvgIpc) is 3.45. The van der Waals surface area contributed by atoms with Crippen molar-refractivity contribution in [3.8, 4) is 5.69 Å². The number of para-hydroxylation sites is 1. The second kappa shape index (κ2) is 8.12. The van der Waals surface area contributed by atoms with Crippen LogP contribution in [0, 0.1) is 5.92 Å². The molecular formula is C21H22N4O3. The number of nitrogens with one attached hydrogen (secondary N) is 1. The van der Waals surface area contributed by atoms with Crippen molar-refractivity contribution in [1.82, 2.24) is 20.0 Å². The Morgan fingerprint density at radius 1 is 1.18 bits per heavy atom. The highest BCUT2D eigenvalue weighted by atomic mass is 16.3. The number of hydrogen-bond acceptors (Lipinski definition) is 4. The standard InChI is InChI=1S/C21H22N4O3/c26-20-13-16(14-24(20)15-19-7-4-12-28-19)21(27)22-10-8-17-9-11-25(23-17)18-5-2-1-3-6-18/h1-7,9,11-12,16H,8,10,13-15H2,(H,22,27)/t16-/m1/s1. The van der Waals surface area contributed by atoms with Crippen LogP contribution in [0.15, 0.2) is 65.4 Å². The Bertz CT molecular complexity index is 934. The van der Waals surface area contributed by atoms with Crippen LogP contribution in [0.2, 0.25) is 0 Å². The molecule has 1 N–H and O–H groups in total. The summed E-state index contributed by atoms with van der Waals surface area (Å²) < 4.78 is 7.10. The summed E-state index contributed by atoms with van der Waals surface area (Å²) in [7, 11) is 0. The van der Waals surface area contributed by atoms with Crippen molar-refractivity contribution in [2.45, 2.75) is 19.4 Å². The maximum Gasteiger partial charge on any atom is 0.225 e. The summed E-state index contributed by atoms with van der Waals surface area (Å²) in [6.07, 6.45) is 4.38. The molecule has 0 bridgehead atoms. The summed E-state index contributed by atoms with van der Waals surface area (Å²) in [6, 6.07) is 15.4. The number of amides is 2. The lowest BCUT2D eigenvalue weighted by Crippen LogP contribution is -2.34. The third kappa shape index (κ3) is 4.14. The van der Waals surface area contributed by atoms with Gasteiger partial charge in [0.2, 0.25) is 11.8 Å². The number of furan rings is 1. The predicted molar refractivity (Wildman–Crippen MR) is 103 cm³/mol. The Balaban J connectivity index is 1.25. The van der Waals surface area contributed by atoms with E-state index in [2.05, 4.69) is 10.4 Å². The molecule has 0 aliphatic carbocycles. The van der Waals surface area contributed by atoms with Gasteiger partial charge in [-0.05, 0) is 30.3 Å². The van der Waals surface area contributed by atoms with Crippen LogP contribution in [-0.2, 0) is 22.6 Å². The fourth-order valence-electron chi connectivity index (χ4n) is 3.37. The second-order valence-electron chi connectivity index (χ2n) is 6.88. The zero-order chi connectivity index (χ0) is 19.3. The monoisotopic (exact) mass is 378 g/mol. The molecule has 0 radical (unpaired) electrons. The average molecular weight is 378 g/mol. The van der Waals surface area contributed by atoms with E-state index < -0.39 is 0 Å². The molecule has 144 valence electrons. The van der Waals surface area contributed by atoms with Crippen LogP contribution in [0.3, 0.4) is 0 Å². The van der Waals surface area contributed by atoms with Gasteiger partial charge in [0, 0.05) is 32.1 Å². The summed E-state index contributed by atoms with van der Waals surface area (Å²) in [5.41, 5.74) is 1.91. The van der Waals surface area contributed by atoms with Gasteiger partial charge in [-0.25, -0.2) is 4.68 Å². The molecule has 4 rings (SSSR count). The first-order chi connectivity index (χ1) is 13.7. The number of carbonyl (C=O) groups excluding carboxylic acids is 2. The highest BCUT2D eigenvalue weighted by Gasteiger charge is 2.34. The van der Waals surface area contributed by atoms with Crippen molar-refractivity contribution in [2.24, 2.45) is 5.92 Å². The minimum atomic E-state index is -0.315. The van der Waals surface area contributed by atoms with Crippen molar-refractivity contribution >= 4 is 11.8 Å². The molecule has 2 aromatic heterocycles. The molecule has 7 nitrogen and oxygen atoms in total. The van der Waals surface area contributed by atoms with Crippen molar-refractivity contribution in [1.29, 1.82) is 0 Å². The van der Waals surface area contributed by atoms with Gasteiger partial charge in [-0.1, -0.05) is 18.2 Å². The van der Waals surface area contributed by atoms with Crippen LogP contribution in [0.1, 0.15) is 17.9 Å². The molecule has 1 aromatic carbocycles. The van der Waals surface area contributed by atoms with Gasteiger partial charge in [-0.2, -0.15) is 5.10 Å². The van der Waals surface area contributed by atoms with E-state index in [0.717, 1.165) is 17.1 Å². The summed E-state index contributed by atoms with van der Waals surface area (Å²) in [6.45, 7) is 1.33. The quantitative estimate of drug-likeness (QED) is 0.683. The first kappa shape index (κ1) is 18.0. The molecule has 1 fully saturated rings. The summed E-state index contributed by atoms with van der Waals surface area (Å²) >= 11 is 0. The van der Waals surface area contributed by atoms with Gasteiger partial charge < -0.3 is 14.6 Å². The van der Waals surface area contributed by atoms with Gasteiger partial charge >= 0.3 is 0 Å². The summed E-state index contributed by atoms with van der Waals surface area (Å²) in [5, 5.41) is 7.46. The molecule has 3 heterocycles. The van der Waals surface area contributed by atoms with Crippen molar-refractivity contribution in [3.63, 3.8) is 0 Å². The fraction of sp³-hybridized carbons (Fsp3) is 0.286. The van der Waals surface area contributed by atoms with E-state index in [9.17, 15) is 9.59 Å². The van der Waals surface area contributed by atoms with Crippen molar-refractivity contribution in [3.05, 3.63) is 72.4 Å². The van der Waals surface area contributed by atoms with Gasteiger partial charge in [-0.3, -0.25) is 9.59 Å².